The Morgan fingerprint density at radius 1 is 1.09 bits per heavy atom. The first kappa shape index (κ1) is 15.1. The molecule has 1 aromatic rings. The van der Waals surface area contributed by atoms with Crippen LogP contribution in [0.3, 0.4) is 0 Å². The quantitative estimate of drug-likeness (QED) is 0.860. The maximum atomic E-state index is 12.5. The van der Waals surface area contributed by atoms with E-state index >= 15 is 0 Å². The molecule has 3 aliphatic rings. The Morgan fingerprint density at radius 3 is 2.26 bits per heavy atom. The van der Waals surface area contributed by atoms with Crippen LogP contribution in [0.4, 0.5) is 10.5 Å². The largest absolute Gasteiger partial charge is 0.339 e. The van der Waals surface area contributed by atoms with E-state index in [2.05, 4.69) is 5.32 Å². The van der Waals surface area contributed by atoms with Gasteiger partial charge in [-0.25, -0.2) is 0 Å². The topological polar surface area (TPSA) is 49.4 Å². The number of hydrogen-bond acceptors (Lipinski definition) is 3. The molecule has 2 bridgehead atoms. The van der Waals surface area contributed by atoms with E-state index < -0.39 is 0 Å². The van der Waals surface area contributed by atoms with Gasteiger partial charge in [-0.05, 0) is 79.0 Å². The number of carbonyl (C=O) groups excluding carboxylic acids is 2. The first-order valence-electron chi connectivity index (χ1n) is 8.34. The maximum absolute atomic E-state index is 12.5. The fraction of sp³-hybridized carbons (Fsp3) is 0.556. The van der Waals surface area contributed by atoms with Crippen LogP contribution in [0.25, 0.3) is 0 Å². The second kappa shape index (κ2) is 5.55. The number of fused-ring (bicyclic) bond motifs is 5. The van der Waals surface area contributed by atoms with Gasteiger partial charge in [0.2, 0.25) is 5.91 Å². The summed E-state index contributed by atoms with van der Waals surface area (Å²) in [6, 6.07) is 7.55. The average Bonchev–Trinajstić information content (AvgIpc) is 2.97. The van der Waals surface area contributed by atoms with Gasteiger partial charge in [-0.3, -0.25) is 9.59 Å². The normalized spacial score (nSPS) is 33.2. The second-order valence-electron chi connectivity index (χ2n) is 7.29. The fourth-order valence-corrected chi connectivity index (χ4v) is 5.36. The minimum Gasteiger partial charge on any atom is -0.339 e. The van der Waals surface area contributed by atoms with Crippen LogP contribution in [0.1, 0.15) is 19.3 Å². The number of anilines is 1. The van der Waals surface area contributed by atoms with Crippen molar-refractivity contribution in [3.05, 3.63) is 24.3 Å². The monoisotopic (exact) mass is 330 g/mol. The molecular weight excluding hydrogens is 308 g/mol. The summed E-state index contributed by atoms with van der Waals surface area (Å²) in [7, 11) is 3.48. The van der Waals surface area contributed by atoms with Crippen molar-refractivity contribution in [1.29, 1.82) is 0 Å². The minimum absolute atomic E-state index is 0.00284. The number of rotatable bonds is 3. The highest BCUT2D eigenvalue weighted by Gasteiger charge is 2.67. The zero-order chi connectivity index (χ0) is 16.1. The van der Waals surface area contributed by atoms with Crippen LogP contribution in [0.15, 0.2) is 29.2 Å². The van der Waals surface area contributed by atoms with Crippen molar-refractivity contribution in [1.82, 2.24) is 4.90 Å². The van der Waals surface area contributed by atoms with Gasteiger partial charge in [0, 0.05) is 30.6 Å². The Hall–Kier alpha value is -1.49. The molecule has 0 spiro atoms. The van der Waals surface area contributed by atoms with Gasteiger partial charge in [0.05, 0.1) is 0 Å². The van der Waals surface area contributed by atoms with Gasteiger partial charge in [0.25, 0.3) is 5.24 Å². The Kier molecular flexibility index (Phi) is 3.63. The van der Waals surface area contributed by atoms with Crippen molar-refractivity contribution in [2.45, 2.75) is 24.2 Å². The summed E-state index contributed by atoms with van der Waals surface area (Å²) in [5.74, 6) is 3.42. The zero-order valence-corrected chi connectivity index (χ0v) is 14.3. The van der Waals surface area contributed by atoms with E-state index in [-0.39, 0.29) is 17.1 Å². The number of nitrogens with one attached hydrogen (secondary N) is 1. The number of hydrogen-bond donors (Lipinski definition) is 1. The summed E-state index contributed by atoms with van der Waals surface area (Å²) < 4.78 is 0. The molecule has 4 nitrogen and oxygen atoms in total. The molecule has 0 unspecified atom stereocenters. The summed E-state index contributed by atoms with van der Waals surface area (Å²) in [6.07, 6.45) is 4.04. The van der Waals surface area contributed by atoms with Crippen LogP contribution >= 0.6 is 11.8 Å². The molecular formula is C18H22N2O2S. The fourth-order valence-electron chi connectivity index (χ4n) is 4.70. The van der Waals surface area contributed by atoms with Crippen LogP contribution < -0.4 is 5.32 Å². The molecule has 0 radical (unpaired) electrons. The number of thioether (sulfide) groups is 1. The number of carbonyl (C=O) groups is 2. The van der Waals surface area contributed by atoms with Gasteiger partial charge in [0.15, 0.2) is 0 Å². The van der Waals surface area contributed by atoms with E-state index in [1.54, 1.807) is 19.0 Å². The van der Waals surface area contributed by atoms with Crippen LogP contribution in [0.2, 0.25) is 0 Å². The Morgan fingerprint density at radius 2 is 1.70 bits per heavy atom. The summed E-state index contributed by atoms with van der Waals surface area (Å²) >= 11 is 1.19. The molecule has 0 saturated heterocycles. The summed E-state index contributed by atoms with van der Waals surface area (Å²) in [4.78, 5) is 26.6. The Balaban J connectivity index is 1.35. The maximum Gasteiger partial charge on any atom is 0.285 e. The summed E-state index contributed by atoms with van der Waals surface area (Å²) in [6.45, 7) is 0. The van der Waals surface area contributed by atoms with Crippen LogP contribution in [-0.2, 0) is 4.79 Å². The van der Waals surface area contributed by atoms with Crippen molar-refractivity contribution in [3.63, 3.8) is 0 Å². The van der Waals surface area contributed by atoms with Crippen molar-refractivity contribution < 1.29 is 9.59 Å². The van der Waals surface area contributed by atoms with Crippen molar-refractivity contribution in [2.75, 3.05) is 19.4 Å². The molecule has 3 fully saturated rings. The second-order valence-corrected chi connectivity index (χ2v) is 8.31. The molecule has 4 rings (SSSR count). The molecule has 0 aliphatic heterocycles. The van der Waals surface area contributed by atoms with Gasteiger partial charge < -0.3 is 10.2 Å². The van der Waals surface area contributed by atoms with Crippen molar-refractivity contribution in [3.8, 4) is 0 Å². The number of amides is 2. The lowest BCUT2D eigenvalue weighted by atomic mass is 10.0. The van der Waals surface area contributed by atoms with Gasteiger partial charge in [0.1, 0.15) is 0 Å². The van der Waals surface area contributed by atoms with Crippen molar-refractivity contribution in [2.24, 2.45) is 29.6 Å². The molecule has 1 aromatic carbocycles. The third-order valence-corrected chi connectivity index (χ3v) is 6.78. The van der Waals surface area contributed by atoms with E-state index in [1.807, 2.05) is 24.3 Å². The van der Waals surface area contributed by atoms with Gasteiger partial charge >= 0.3 is 0 Å². The van der Waals surface area contributed by atoms with Gasteiger partial charge in [-0.15, -0.1) is 0 Å². The third-order valence-electron chi connectivity index (χ3n) is 5.73. The smallest absolute Gasteiger partial charge is 0.285 e. The van der Waals surface area contributed by atoms with Crippen molar-refractivity contribution >= 4 is 28.6 Å². The molecule has 122 valence electrons. The molecule has 2 amide bonds. The lowest BCUT2D eigenvalue weighted by Gasteiger charge is -2.11. The highest BCUT2D eigenvalue weighted by Crippen LogP contribution is 2.69. The molecule has 5 heteroatoms. The SMILES string of the molecule is CN(C)C(=O)Sc1ccc(NC(=O)C2[C@H]3[C@H]4CC[C@@H](C4)[C@H]23)cc1. The Bertz CT molecular complexity index is 627. The highest BCUT2D eigenvalue weighted by atomic mass is 32.2. The van der Waals surface area contributed by atoms with Gasteiger partial charge in [-0.2, -0.15) is 0 Å². The van der Waals surface area contributed by atoms with Crippen LogP contribution in [-0.4, -0.2) is 30.1 Å². The first-order chi connectivity index (χ1) is 11.0. The van der Waals surface area contributed by atoms with E-state index in [1.165, 1.54) is 31.0 Å². The first-order valence-corrected chi connectivity index (χ1v) is 9.16. The summed E-state index contributed by atoms with van der Waals surface area (Å²) in [5.41, 5.74) is 0.828. The van der Waals surface area contributed by atoms with Crippen LogP contribution in [0, 0.1) is 29.6 Å². The number of nitrogens with zero attached hydrogens (tertiary/aromatic N) is 1. The zero-order valence-electron chi connectivity index (χ0n) is 13.5. The van der Waals surface area contributed by atoms with Crippen LogP contribution in [0.5, 0.6) is 0 Å². The molecule has 1 N–H and O–H groups in total. The van der Waals surface area contributed by atoms with E-state index in [9.17, 15) is 9.59 Å². The van der Waals surface area contributed by atoms with E-state index in [4.69, 9.17) is 0 Å². The lowest BCUT2D eigenvalue weighted by molar-refractivity contribution is -0.118. The minimum atomic E-state index is 0.00284. The standard InChI is InChI=1S/C18H22N2O2S/c1-20(2)18(22)23-13-7-5-12(6-8-13)19-17(21)16-14-10-3-4-11(9-10)15(14)16/h5-8,10-11,14-16H,3-4,9H2,1-2H3,(H,19,21)/t10-,11-,14-,15-/m0/s1. The van der Waals surface area contributed by atoms with E-state index in [0.717, 1.165) is 22.4 Å². The highest BCUT2D eigenvalue weighted by molar-refractivity contribution is 8.13. The molecule has 0 heterocycles. The number of benzene rings is 1. The van der Waals surface area contributed by atoms with Gasteiger partial charge in [-0.1, -0.05) is 0 Å². The predicted molar refractivity (Wildman–Crippen MR) is 91.3 cm³/mol. The van der Waals surface area contributed by atoms with E-state index in [0.29, 0.717) is 11.8 Å². The molecule has 4 atom stereocenters. The summed E-state index contributed by atoms with van der Waals surface area (Å²) in [5, 5.41) is 3.06. The molecule has 3 saturated carbocycles. The average molecular weight is 330 g/mol. The predicted octanol–water partition coefficient (Wildman–Crippen LogP) is 3.69. The molecule has 23 heavy (non-hydrogen) atoms. The third kappa shape index (κ3) is 2.65. The Labute approximate surface area is 141 Å². The molecule has 0 aromatic heterocycles. The lowest BCUT2D eigenvalue weighted by Crippen LogP contribution is -2.18. The molecule has 3 aliphatic carbocycles.